The van der Waals surface area contributed by atoms with Gasteiger partial charge in [0, 0.05) is 12.6 Å². The molecule has 1 atom stereocenters. The molecule has 6 heteroatoms. The third kappa shape index (κ3) is 5.48. The first kappa shape index (κ1) is 10.7. The Bertz CT molecular complexity index is 171. The molecule has 5 N–H and O–H groups in total. The highest BCUT2D eigenvalue weighted by atomic mass is 16.4. The first-order chi connectivity index (χ1) is 5.54. The highest BCUT2D eigenvalue weighted by Gasteiger charge is 2.02. The summed E-state index contributed by atoms with van der Waals surface area (Å²) in [6, 6.07) is -1.60. The number of carbonyl (C=O) groups excluding carboxylic acids is 2. The van der Waals surface area contributed by atoms with Gasteiger partial charge < -0.3 is 26.7 Å². The molecule has 0 aliphatic heterocycles. The zero-order chi connectivity index (χ0) is 9.56. The van der Waals surface area contributed by atoms with Crippen molar-refractivity contribution in [1.82, 2.24) is 5.32 Å². The minimum absolute atomic E-state index is 0.266. The quantitative estimate of drug-likeness (QED) is 0.399. The van der Waals surface area contributed by atoms with E-state index in [1.54, 1.807) is 0 Å². The molecule has 0 bridgehead atoms. The van der Waals surface area contributed by atoms with Crippen molar-refractivity contribution in [2.45, 2.75) is 18.9 Å². The van der Waals surface area contributed by atoms with Gasteiger partial charge in [0.1, 0.15) is 0 Å². The number of urea groups is 1. The number of carbonyl (C=O) groups is 2. The molecule has 2 amide bonds. The topological polar surface area (TPSA) is 121 Å². The molecule has 0 aromatic rings. The van der Waals surface area contributed by atoms with E-state index in [-0.39, 0.29) is 6.42 Å². The predicted octanol–water partition coefficient (Wildman–Crippen LogP) is -2.49. The van der Waals surface area contributed by atoms with E-state index in [9.17, 15) is 14.7 Å². The van der Waals surface area contributed by atoms with Crippen molar-refractivity contribution >= 4 is 12.0 Å². The minimum Gasteiger partial charge on any atom is -0.548 e. The Kier molecular flexibility index (Phi) is 4.78. The van der Waals surface area contributed by atoms with Crippen molar-refractivity contribution < 1.29 is 14.7 Å². The molecule has 0 aromatic heterocycles. The Morgan fingerprint density at radius 1 is 1.50 bits per heavy atom. The van der Waals surface area contributed by atoms with Crippen molar-refractivity contribution in [1.29, 1.82) is 0 Å². The number of carboxylic acids is 1. The maximum atomic E-state index is 10.1. The Balaban J connectivity index is 3.31. The van der Waals surface area contributed by atoms with Gasteiger partial charge in [-0.3, -0.25) is 0 Å². The van der Waals surface area contributed by atoms with Gasteiger partial charge in [0.25, 0.3) is 0 Å². The zero-order valence-corrected chi connectivity index (χ0v) is 6.58. The molecule has 0 spiro atoms. The molecular formula is C6H12N3O3-. The van der Waals surface area contributed by atoms with E-state index in [0.29, 0.717) is 13.0 Å². The number of nitrogens with two attached hydrogens (primary N) is 2. The van der Waals surface area contributed by atoms with Gasteiger partial charge in [0.05, 0.1) is 5.97 Å². The predicted molar refractivity (Wildman–Crippen MR) is 39.8 cm³/mol. The molecule has 0 aliphatic rings. The average molecular weight is 174 g/mol. The second-order valence-electron chi connectivity index (χ2n) is 2.36. The van der Waals surface area contributed by atoms with Gasteiger partial charge in [-0.1, -0.05) is 0 Å². The van der Waals surface area contributed by atoms with Crippen LogP contribution in [0.25, 0.3) is 0 Å². The molecule has 1 unspecified atom stereocenters. The molecule has 0 saturated heterocycles. The van der Waals surface area contributed by atoms with Gasteiger partial charge in [-0.05, 0) is 12.8 Å². The number of rotatable bonds is 5. The van der Waals surface area contributed by atoms with E-state index in [1.165, 1.54) is 0 Å². The van der Waals surface area contributed by atoms with Gasteiger partial charge in [-0.15, -0.1) is 0 Å². The Morgan fingerprint density at radius 3 is 2.50 bits per heavy atom. The molecule has 0 rings (SSSR count). The zero-order valence-electron chi connectivity index (χ0n) is 6.58. The lowest BCUT2D eigenvalue weighted by molar-refractivity contribution is -0.307. The number of primary amides is 1. The fourth-order valence-electron chi connectivity index (χ4n) is 0.651. The number of aliphatic carboxylic acids is 1. The molecule has 6 nitrogen and oxygen atoms in total. The average Bonchev–Trinajstić information content (AvgIpc) is 1.97. The van der Waals surface area contributed by atoms with E-state index in [4.69, 9.17) is 11.5 Å². The molecular weight excluding hydrogens is 162 g/mol. The van der Waals surface area contributed by atoms with Crippen LogP contribution in [0.15, 0.2) is 0 Å². The van der Waals surface area contributed by atoms with Crippen LogP contribution in [0.1, 0.15) is 12.8 Å². The largest absolute Gasteiger partial charge is 0.548 e. The number of amides is 2. The summed E-state index contributed by atoms with van der Waals surface area (Å²) >= 11 is 0. The fourth-order valence-corrected chi connectivity index (χ4v) is 0.651. The lowest BCUT2D eigenvalue weighted by Gasteiger charge is -2.11. The van der Waals surface area contributed by atoms with Crippen molar-refractivity contribution in [3.63, 3.8) is 0 Å². The van der Waals surface area contributed by atoms with Gasteiger partial charge >= 0.3 is 6.03 Å². The van der Waals surface area contributed by atoms with Gasteiger partial charge in [-0.25, -0.2) is 4.79 Å². The van der Waals surface area contributed by atoms with Crippen molar-refractivity contribution in [2.24, 2.45) is 11.5 Å². The summed E-state index contributed by atoms with van der Waals surface area (Å²) in [4.78, 5) is 20.2. The highest BCUT2D eigenvalue weighted by molar-refractivity contribution is 5.71. The lowest BCUT2D eigenvalue weighted by Crippen LogP contribution is -2.42. The van der Waals surface area contributed by atoms with Crippen molar-refractivity contribution in [2.75, 3.05) is 6.54 Å². The molecule has 0 saturated carbocycles. The van der Waals surface area contributed by atoms with Gasteiger partial charge in [-0.2, -0.15) is 0 Å². The summed E-state index contributed by atoms with van der Waals surface area (Å²) in [5.41, 5.74) is 9.89. The Labute approximate surface area is 69.9 Å². The van der Waals surface area contributed by atoms with E-state index in [2.05, 4.69) is 5.32 Å². The van der Waals surface area contributed by atoms with E-state index < -0.39 is 18.0 Å². The summed E-state index contributed by atoms with van der Waals surface area (Å²) in [5.74, 6) is -1.28. The monoisotopic (exact) mass is 174 g/mol. The number of hydrogen-bond donors (Lipinski definition) is 3. The summed E-state index contributed by atoms with van der Waals surface area (Å²) in [7, 11) is 0. The summed E-state index contributed by atoms with van der Waals surface area (Å²) < 4.78 is 0. The first-order valence-corrected chi connectivity index (χ1v) is 3.53. The third-order valence-electron chi connectivity index (χ3n) is 1.29. The van der Waals surface area contributed by atoms with Crippen LogP contribution in [0.2, 0.25) is 0 Å². The van der Waals surface area contributed by atoms with E-state index >= 15 is 0 Å². The fraction of sp³-hybridized carbons (Fsp3) is 0.667. The van der Waals surface area contributed by atoms with Crippen LogP contribution in [0.4, 0.5) is 4.79 Å². The molecule has 0 aromatic carbocycles. The molecule has 0 fully saturated rings. The van der Waals surface area contributed by atoms with Crippen LogP contribution < -0.4 is 21.9 Å². The normalized spacial score (nSPS) is 12.1. The van der Waals surface area contributed by atoms with E-state index in [1.807, 2.05) is 0 Å². The maximum Gasteiger partial charge on any atom is 0.312 e. The van der Waals surface area contributed by atoms with Crippen LogP contribution in [0.3, 0.4) is 0 Å². The summed E-state index contributed by atoms with van der Waals surface area (Å²) in [6.45, 7) is 0.330. The molecule has 0 heterocycles. The van der Waals surface area contributed by atoms with E-state index in [0.717, 1.165) is 0 Å². The van der Waals surface area contributed by atoms with Crippen LogP contribution >= 0.6 is 0 Å². The Hall–Kier alpha value is -1.30. The van der Waals surface area contributed by atoms with Gasteiger partial charge in [0.2, 0.25) is 0 Å². The number of nitrogens with one attached hydrogen (secondary N) is 1. The SMILES string of the molecule is NC(=O)NCCCC(N)C(=O)[O-]. The van der Waals surface area contributed by atoms with Crippen LogP contribution in [0.5, 0.6) is 0 Å². The van der Waals surface area contributed by atoms with Crippen molar-refractivity contribution in [3.8, 4) is 0 Å². The van der Waals surface area contributed by atoms with Crippen LogP contribution in [-0.4, -0.2) is 24.6 Å². The molecule has 70 valence electrons. The number of hydrogen-bond acceptors (Lipinski definition) is 4. The number of carboxylic acid groups (broad SMARTS) is 1. The first-order valence-electron chi connectivity index (χ1n) is 3.53. The molecule has 0 radical (unpaired) electrons. The second-order valence-corrected chi connectivity index (χ2v) is 2.36. The van der Waals surface area contributed by atoms with Crippen LogP contribution in [0, 0.1) is 0 Å². The second kappa shape index (κ2) is 5.36. The third-order valence-corrected chi connectivity index (χ3v) is 1.29. The highest BCUT2D eigenvalue weighted by Crippen LogP contribution is 1.91. The maximum absolute atomic E-state index is 10.1. The minimum atomic E-state index is -1.28. The van der Waals surface area contributed by atoms with Crippen LogP contribution in [-0.2, 0) is 4.79 Å². The summed E-state index contributed by atoms with van der Waals surface area (Å²) in [5, 5.41) is 12.4. The lowest BCUT2D eigenvalue weighted by atomic mass is 10.2. The smallest absolute Gasteiger partial charge is 0.312 e. The molecule has 0 aliphatic carbocycles. The molecule has 12 heavy (non-hydrogen) atoms. The summed E-state index contributed by atoms with van der Waals surface area (Å²) in [6.07, 6.45) is 0.737. The van der Waals surface area contributed by atoms with Crippen molar-refractivity contribution in [3.05, 3.63) is 0 Å². The van der Waals surface area contributed by atoms with Gasteiger partial charge in [0.15, 0.2) is 0 Å². The standard InChI is InChI=1S/C6H13N3O3/c7-4(5(10)11)2-1-3-9-6(8)12/h4H,1-3,7H2,(H,10,11)(H3,8,9,12)/p-1. The Morgan fingerprint density at radius 2 is 2.08 bits per heavy atom.